The van der Waals surface area contributed by atoms with Crippen LogP contribution in [0.5, 0.6) is 5.75 Å². The van der Waals surface area contributed by atoms with E-state index < -0.39 is 0 Å². The minimum absolute atomic E-state index is 0.104. The van der Waals surface area contributed by atoms with Crippen LogP contribution in [0, 0.1) is 5.82 Å². The highest BCUT2D eigenvalue weighted by atomic mass is 79.9. The van der Waals surface area contributed by atoms with E-state index in [0.717, 1.165) is 21.3 Å². The normalized spacial score (nSPS) is 10.7. The lowest BCUT2D eigenvalue weighted by molar-refractivity contribution is -0.115. The van der Waals surface area contributed by atoms with Gasteiger partial charge in [0.05, 0.1) is 30.0 Å². The van der Waals surface area contributed by atoms with Crippen LogP contribution in [0.25, 0.3) is 11.3 Å². The Morgan fingerprint density at radius 1 is 1.29 bits per heavy atom. The molecule has 0 aliphatic rings. The lowest BCUT2D eigenvalue weighted by atomic mass is 10.1. The predicted octanol–water partition coefficient (Wildman–Crippen LogP) is 3.73. The van der Waals surface area contributed by atoms with Crippen LogP contribution in [-0.2, 0) is 18.4 Å². The van der Waals surface area contributed by atoms with Gasteiger partial charge in [0.1, 0.15) is 11.6 Å². The van der Waals surface area contributed by atoms with Gasteiger partial charge in [0.25, 0.3) is 0 Å². The number of halogens is 2. The van der Waals surface area contributed by atoms with Crippen LogP contribution in [0.2, 0.25) is 0 Å². The summed E-state index contributed by atoms with van der Waals surface area (Å²) in [6.45, 7) is 0.508. The molecule has 146 valence electrons. The highest BCUT2D eigenvalue weighted by Gasteiger charge is 2.15. The van der Waals surface area contributed by atoms with E-state index in [9.17, 15) is 9.18 Å². The first-order chi connectivity index (χ1) is 13.5. The van der Waals surface area contributed by atoms with Gasteiger partial charge >= 0.3 is 0 Å². The van der Waals surface area contributed by atoms with E-state index in [0.29, 0.717) is 18.0 Å². The first-order valence-electron chi connectivity index (χ1n) is 8.59. The van der Waals surface area contributed by atoms with Crippen LogP contribution in [0.1, 0.15) is 5.56 Å². The lowest BCUT2D eigenvalue weighted by Crippen LogP contribution is -2.27. The SMILES string of the molecule is COc1ccc(NC(=O)CNCc2cccc(F)c2)cc1-c1c(Br)cnn1C. The Morgan fingerprint density at radius 2 is 2.11 bits per heavy atom. The Labute approximate surface area is 170 Å². The van der Waals surface area contributed by atoms with Gasteiger partial charge in [0, 0.05) is 24.8 Å². The first kappa shape index (κ1) is 20.0. The fourth-order valence-electron chi connectivity index (χ4n) is 2.86. The molecular formula is C20H20BrFN4O2. The summed E-state index contributed by atoms with van der Waals surface area (Å²) in [5, 5.41) is 10.1. The molecule has 0 atom stereocenters. The monoisotopic (exact) mass is 446 g/mol. The molecule has 6 nitrogen and oxygen atoms in total. The van der Waals surface area contributed by atoms with Crippen molar-refractivity contribution in [1.29, 1.82) is 0 Å². The number of carbonyl (C=O) groups is 1. The van der Waals surface area contributed by atoms with Crippen LogP contribution in [0.15, 0.2) is 53.1 Å². The molecular weight excluding hydrogens is 427 g/mol. The maximum Gasteiger partial charge on any atom is 0.238 e. The van der Waals surface area contributed by atoms with Gasteiger partial charge in [0.15, 0.2) is 0 Å². The molecule has 0 aliphatic carbocycles. The van der Waals surface area contributed by atoms with Gasteiger partial charge in [-0.25, -0.2) is 4.39 Å². The Kier molecular flexibility index (Phi) is 6.43. The van der Waals surface area contributed by atoms with Crippen molar-refractivity contribution in [1.82, 2.24) is 15.1 Å². The Balaban J connectivity index is 1.67. The quantitative estimate of drug-likeness (QED) is 0.580. The molecule has 0 saturated carbocycles. The van der Waals surface area contributed by atoms with E-state index in [1.807, 2.05) is 13.1 Å². The zero-order valence-corrected chi connectivity index (χ0v) is 17.1. The number of hydrogen-bond acceptors (Lipinski definition) is 4. The average molecular weight is 447 g/mol. The zero-order chi connectivity index (χ0) is 20.1. The number of nitrogens with zero attached hydrogens (tertiary/aromatic N) is 2. The van der Waals surface area contributed by atoms with Gasteiger partial charge in [-0.15, -0.1) is 0 Å². The minimum atomic E-state index is -0.296. The number of carbonyl (C=O) groups excluding carboxylic acids is 1. The van der Waals surface area contributed by atoms with Crippen molar-refractivity contribution in [3.63, 3.8) is 0 Å². The molecule has 2 aromatic carbocycles. The minimum Gasteiger partial charge on any atom is -0.496 e. The van der Waals surface area contributed by atoms with Crippen LogP contribution >= 0.6 is 15.9 Å². The van der Waals surface area contributed by atoms with Crippen molar-refractivity contribution in [3.05, 3.63) is 64.5 Å². The predicted molar refractivity (Wildman–Crippen MR) is 110 cm³/mol. The summed E-state index contributed by atoms with van der Waals surface area (Å²) >= 11 is 3.49. The summed E-state index contributed by atoms with van der Waals surface area (Å²) < 4.78 is 21.2. The molecule has 1 aromatic heterocycles. The van der Waals surface area contributed by atoms with E-state index in [1.165, 1.54) is 12.1 Å². The second kappa shape index (κ2) is 8.99. The van der Waals surface area contributed by atoms with E-state index >= 15 is 0 Å². The molecule has 0 aliphatic heterocycles. The van der Waals surface area contributed by atoms with Crippen LogP contribution in [0.4, 0.5) is 10.1 Å². The summed E-state index contributed by atoms with van der Waals surface area (Å²) in [4.78, 5) is 12.3. The summed E-state index contributed by atoms with van der Waals surface area (Å²) in [5.74, 6) is 0.180. The van der Waals surface area contributed by atoms with Crippen molar-refractivity contribution in [2.45, 2.75) is 6.54 Å². The molecule has 2 N–H and O–H groups in total. The topological polar surface area (TPSA) is 68.2 Å². The molecule has 0 unspecified atom stereocenters. The van der Waals surface area contributed by atoms with Crippen molar-refractivity contribution >= 4 is 27.5 Å². The number of ether oxygens (including phenoxy) is 1. The van der Waals surface area contributed by atoms with E-state index in [2.05, 4.69) is 31.7 Å². The fraction of sp³-hybridized carbons (Fsp3) is 0.200. The fourth-order valence-corrected chi connectivity index (χ4v) is 3.42. The molecule has 3 rings (SSSR count). The number of aryl methyl sites for hydroxylation is 1. The molecule has 0 radical (unpaired) electrons. The Hall–Kier alpha value is -2.71. The summed E-state index contributed by atoms with van der Waals surface area (Å²) in [5.41, 5.74) is 3.07. The second-order valence-corrected chi connectivity index (χ2v) is 7.02. The van der Waals surface area contributed by atoms with Gasteiger partial charge in [-0.2, -0.15) is 5.10 Å². The van der Waals surface area contributed by atoms with E-state index in [1.54, 1.807) is 42.3 Å². The Morgan fingerprint density at radius 3 is 2.79 bits per heavy atom. The van der Waals surface area contributed by atoms with Gasteiger partial charge in [-0.05, 0) is 51.8 Å². The zero-order valence-electron chi connectivity index (χ0n) is 15.5. The molecule has 0 fully saturated rings. The molecule has 3 aromatic rings. The number of amides is 1. The van der Waals surface area contributed by atoms with Gasteiger partial charge in [-0.3, -0.25) is 9.48 Å². The van der Waals surface area contributed by atoms with Crippen molar-refractivity contribution in [2.75, 3.05) is 19.0 Å². The summed E-state index contributed by atoms with van der Waals surface area (Å²) in [6, 6.07) is 11.7. The van der Waals surface area contributed by atoms with Crippen molar-refractivity contribution < 1.29 is 13.9 Å². The highest BCUT2D eigenvalue weighted by Crippen LogP contribution is 2.36. The van der Waals surface area contributed by atoms with Gasteiger partial charge in [-0.1, -0.05) is 12.1 Å². The van der Waals surface area contributed by atoms with Crippen LogP contribution in [0.3, 0.4) is 0 Å². The maximum absolute atomic E-state index is 13.2. The molecule has 0 spiro atoms. The molecule has 1 amide bonds. The highest BCUT2D eigenvalue weighted by molar-refractivity contribution is 9.10. The van der Waals surface area contributed by atoms with Crippen LogP contribution < -0.4 is 15.4 Å². The number of rotatable bonds is 7. The van der Waals surface area contributed by atoms with Gasteiger partial charge < -0.3 is 15.4 Å². The Bertz CT molecular complexity index is 971. The molecule has 1 heterocycles. The largest absolute Gasteiger partial charge is 0.496 e. The average Bonchev–Trinajstić information content (AvgIpc) is 3.00. The van der Waals surface area contributed by atoms with Crippen LogP contribution in [-0.4, -0.2) is 29.3 Å². The number of nitrogens with one attached hydrogen (secondary N) is 2. The van der Waals surface area contributed by atoms with E-state index in [-0.39, 0.29) is 18.3 Å². The summed E-state index contributed by atoms with van der Waals surface area (Å²) in [7, 11) is 3.43. The van der Waals surface area contributed by atoms with Gasteiger partial charge in [0.2, 0.25) is 5.91 Å². The number of hydrogen-bond donors (Lipinski definition) is 2. The smallest absolute Gasteiger partial charge is 0.238 e. The number of aromatic nitrogens is 2. The first-order valence-corrected chi connectivity index (χ1v) is 9.38. The second-order valence-electron chi connectivity index (χ2n) is 6.16. The molecule has 8 heteroatoms. The lowest BCUT2D eigenvalue weighted by Gasteiger charge is -2.13. The maximum atomic E-state index is 13.2. The van der Waals surface area contributed by atoms with Crippen molar-refractivity contribution in [3.8, 4) is 17.0 Å². The number of benzene rings is 2. The molecule has 0 saturated heterocycles. The number of methoxy groups -OCH3 is 1. The standard InChI is InChI=1S/C20H20BrFN4O2/c1-26-20(17(21)11-24-26)16-9-15(6-7-18(16)28-2)25-19(27)12-23-10-13-4-3-5-14(22)8-13/h3-9,11,23H,10,12H2,1-2H3,(H,25,27). The van der Waals surface area contributed by atoms with Crippen molar-refractivity contribution in [2.24, 2.45) is 7.05 Å². The number of anilines is 1. The summed E-state index contributed by atoms with van der Waals surface area (Å²) in [6.07, 6.45) is 1.70. The third-order valence-corrected chi connectivity index (χ3v) is 4.72. The third kappa shape index (κ3) is 4.76. The third-order valence-electron chi connectivity index (χ3n) is 4.14. The van der Waals surface area contributed by atoms with E-state index in [4.69, 9.17) is 4.74 Å². The molecule has 0 bridgehead atoms. The molecule has 28 heavy (non-hydrogen) atoms.